The molecule has 4 aromatic rings. The number of nitrogens with one attached hydrogen (secondary N) is 1. The van der Waals surface area contributed by atoms with Crippen molar-refractivity contribution in [2.75, 3.05) is 44.2 Å². The Kier molecular flexibility index (Phi) is 6.60. The summed E-state index contributed by atoms with van der Waals surface area (Å²) in [7, 11) is 0. The smallest absolute Gasteiger partial charge is 0.368 e. The van der Waals surface area contributed by atoms with Gasteiger partial charge < -0.3 is 14.8 Å². The standard InChI is InChI=1S/C29H31F3N4OS/c1-19-4-5-20-16-25(33-24(20)15-19)28(37)36-9-2-3-22(36)8-10-34-11-13-35(14-12-34)26-18-38-27-17-21(29(30,31)32)6-7-23(26)27/h4-7,15-18,22,33H,2-3,8-14H2,1H3/t22-/m0/s1. The predicted octanol–water partition coefficient (Wildman–Crippen LogP) is 6.53. The Labute approximate surface area is 223 Å². The molecular formula is C29H31F3N4OS. The van der Waals surface area contributed by atoms with Crippen LogP contribution >= 0.6 is 11.3 Å². The summed E-state index contributed by atoms with van der Waals surface area (Å²) in [5.41, 5.74) is 3.26. The fraction of sp³-hybridized carbons (Fsp3) is 0.414. The van der Waals surface area contributed by atoms with E-state index in [9.17, 15) is 18.0 Å². The van der Waals surface area contributed by atoms with Crippen LogP contribution in [0.5, 0.6) is 0 Å². The minimum Gasteiger partial charge on any atom is -0.368 e. The van der Waals surface area contributed by atoms with Crippen molar-refractivity contribution in [3.63, 3.8) is 0 Å². The van der Waals surface area contributed by atoms with Gasteiger partial charge in [0.2, 0.25) is 0 Å². The molecule has 1 N–H and O–H groups in total. The zero-order chi connectivity index (χ0) is 26.4. The molecule has 2 aliphatic heterocycles. The van der Waals surface area contributed by atoms with Crippen LogP contribution in [0, 0.1) is 6.92 Å². The molecule has 38 heavy (non-hydrogen) atoms. The first kappa shape index (κ1) is 25.2. The Morgan fingerprint density at radius 1 is 1.05 bits per heavy atom. The van der Waals surface area contributed by atoms with Gasteiger partial charge in [0.1, 0.15) is 5.69 Å². The molecule has 4 heterocycles. The predicted molar refractivity (Wildman–Crippen MR) is 147 cm³/mol. The van der Waals surface area contributed by atoms with Crippen molar-refractivity contribution < 1.29 is 18.0 Å². The van der Waals surface area contributed by atoms with E-state index in [1.165, 1.54) is 29.0 Å². The van der Waals surface area contributed by atoms with Crippen molar-refractivity contribution in [1.82, 2.24) is 14.8 Å². The summed E-state index contributed by atoms with van der Waals surface area (Å²) in [6, 6.07) is 12.4. The van der Waals surface area contributed by atoms with Crippen LogP contribution in [0.3, 0.4) is 0 Å². The maximum atomic E-state index is 13.3. The van der Waals surface area contributed by atoms with Crippen LogP contribution in [-0.2, 0) is 6.18 Å². The van der Waals surface area contributed by atoms with Gasteiger partial charge >= 0.3 is 6.18 Å². The largest absolute Gasteiger partial charge is 0.416 e. The fourth-order valence-corrected chi connectivity index (χ4v) is 6.90. The molecular weight excluding hydrogens is 509 g/mol. The van der Waals surface area contributed by atoms with Gasteiger partial charge in [-0.25, -0.2) is 0 Å². The highest BCUT2D eigenvalue weighted by molar-refractivity contribution is 7.17. The van der Waals surface area contributed by atoms with Gasteiger partial charge in [0.25, 0.3) is 5.91 Å². The number of rotatable bonds is 5. The lowest BCUT2D eigenvalue weighted by Crippen LogP contribution is -2.47. The van der Waals surface area contributed by atoms with E-state index in [2.05, 4.69) is 33.0 Å². The number of H-pyrrole nitrogens is 1. The molecule has 0 spiro atoms. The van der Waals surface area contributed by atoms with Gasteiger partial charge in [0.15, 0.2) is 0 Å². The number of likely N-dealkylation sites (tertiary alicyclic amines) is 1. The van der Waals surface area contributed by atoms with E-state index < -0.39 is 11.7 Å². The Bertz CT molecular complexity index is 1470. The van der Waals surface area contributed by atoms with E-state index in [0.29, 0.717) is 10.4 Å². The summed E-state index contributed by atoms with van der Waals surface area (Å²) < 4.78 is 39.9. The maximum Gasteiger partial charge on any atom is 0.416 e. The van der Waals surface area contributed by atoms with Gasteiger partial charge in [0.05, 0.1) is 11.3 Å². The maximum absolute atomic E-state index is 13.3. The summed E-state index contributed by atoms with van der Waals surface area (Å²) in [4.78, 5) is 23.4. The Hall–Kier alpha value is -3.04. The van der Waals surface area contributed by atoms with Gasteiger partial charge in [0, 0.05) is 71.7 Å². The zero-order valence-electron chi connectivity index (χ0n) is 21.4. The lowest BCUT2D eigenvalue weighted by molar-refractivity contribution is -0.137. The summed E-state index contributed by atoms with van der Waals surface area (Å²) in [5.74, 6) is 0.0872. The number of halogens is 3. The topological polar surface area (TPSA) is 42.6 Å². The average molecular weight is 541 g/mol. The molecule has 2 aromatic heterocycles. The number of alkyl halides is 3. The van der Waals surface area contributed by atoms with Gasteiger partial charge in [-0.15, -0.1) is 11.3 Å². The number of nitrogens with zero attached hydrogens (tertiary/aromatic N) is 3. The Balaban J connectivity index is 1.05. The number of amides is 1. The quantitative estimate of drug-likeness (QED) is 0.313. The molecule has 0 radical (unpaired) electrons. The second-order valence-electron chi connectivity index (χ2n) is 10.5. The first-order chi connectivity index (χ1) is 18.3. The van der Waals surface area contributed by atoms with Crippen molar-refractivity contribution in [3.8, 4) is 0 Å². The summed E-state index contributed by atoms with van der Waals surface area (Å²) in [6.45, 7) is 7.28. The number of hydrogen-bond acceptors (Lipinski definition) is 4. The molecule has 5 nitrogen and oxygen atoms in total. The van der Waals surface area contributed by atoms with Gasteiger partial charge in [-0.3, -0.25) is 9.69 Å². The SMILES string of the molecule is Cc1ccc2cc(C(=O)N3CCC[C@H]3CCN3CCN(c4csc5cc(C(F)(F)F)ccc45)CC3)[nH]c2c1. The molecule has 0 saturated carbocycles. The number of aromatic nitrogens is 1. The molecule has 2 saturated heterocycles. The first-order valence-corrected chi connectivity index (χ1v) is 14.1. The normalized spacial score (nSPS) is 19.2. The van der Waals surface area contributed by atoms with Gasteiger partial charge in [-0.05, 0) is 56.0 Å². The molecule has 0 unspecified atom stereocenters. The molecule has 2 aromatic carbocycles. The number of aryl methyl sites for hydroxylation is 1. The van der Waals surface area contributed by atoms with Crippen LogP contribution in [0.2, 0.25) is 0 Å². The number of thiophene rings is 1. The molecule has 6 rings (SSSR count). The van der Waals surface area contributed by atoms with E-state index in [4.69, 9.17) is 0 Å². The number of carbonyl (C=O) groups excluding carboxylic acids is 1. The number of anilines is 1. The fourth-order valence-electron chi connectivity index (χ4n) is 5.89. The number of hydrogen-bond donors (Lipinski definition) is 1. The highest BCUT2D eigenvalue weighted by Gasteiger charge is 2.32. The van der Waals surface area contributed by atoms with Crippen LogP contribution < -0.4 is 4.90 Å². The molecule has 9 heteroatoms. The Morgan fingerprint density at radius 3 is 2.66 bits per heavy atom. The second-order valence-corrected chi connectivity index (χ2v) is 11.4. The van der Waals surface area contributed by atoms with Crippen molar-refractivity contribution in [1.29, 1.82) is 0 Å². The summed E-state index contributed by atoms with van der Waals surface area (Å²) in [6.07, 6.45) is -1.30. The average Bonchev–Trinajstić information content (AvgIpc) is 3.64. The van der Waals surface area contributed by atoms with Crippen molar-refractivity contribution in [3.05, 3.63) is 64.7 Å². The van der Waals surface area contributed by atoms with E-state index in [0.717, 1.165) is 80.5 Å². The molecule has 2 aliphatic rings. The van der Waals surface area contributed by atoms with Crippen molar-refractivity contribution >= 4 is 43.9 Å². The van der Waals surface area contributed by atoms with Crippen LogP contribution in [0.1, 0.15) is 40.9 Å². The van der Waals surface area contributed by atoms with Crippen LogP contribution in [0.25, 0.3) is 21.0 Å². The zero-order valence-corrected chi connectivity index (χ0v) is 22.2. The van der Waals surface area contributed by atoms with E-state index in [1.54, 1.807) is 6.07 Å². The number of carbonyl (C=O) groups is 1. The minimum absolute atomic E-state index is 0.0872. The lowest BCUT2D eigenvalue weighted by atomic mass is 10.1. The van der Waals surface area contributed by atoms with Crippen LogP contribution in [0.15, 0.2) is 47.8 Å². The minimum atomic E-state index is -4.32. The van der Waals surface area contributed by atoms with E-state index in [1.807, 2.05) is 23.3 Å². The molecule has 0 aliphatic carbocycles. The van der Waals surface area contributed by atoms with Gasteiger partial charge in [-0.1, -0.05) is 18.2 Å². The van der Waals surface area contributed by atoms with E-state index in [-0.39, 0.29) is 11.9 Å². The molecule has 1 atom stereocenters. The number of fused-ring (bicyclic) bond motifs is 2. The van der Waals surface area contributed by atoms with Crippen LogP contribution in [0.4, 0.5) is 18.9 Å². The molecule has 200 valence electrons. The van der Waals surface area contributed by atoms with Crippen molar-refractivity contribution in [2.24, 2.45) is 0 Å². The van der Waals surface area contributed by atoms with E-state index >= 15 is 0 Å². The summed E-state index contributed by atoms with van der Waals surface area (Å²) in [5, 5.41) is 3.93. The highest BCUT2D eigenvalue weighted by atomic mass is 32.1. The van der Waals surface area contributed by atoms with Crippen LogP contribution in [-0.4, -0.2) is 66.0 Å². The number of piperazine rings is 1. The molecule has 1 amide bonds. The Morgan fingerprint density at radius 2 is 1.87 bits per heavy atom. The third-order valence-electron chi connectivity index (χ3n) is 8.02. The monoisotopic (exact) mass is 540 g/mol. The lowest BCUT2D eigenvalue weighted by Gasteiger charge is -2.36. The number of aromatic amines is 1. The third kappa shape index (κ3) is 4.89. The molecule has 2 fully saturated rings. The molecule has 0 bridgehead atoms. The van der Waals surface area contributed by atoms with Gasteiger partial charge in [-0.2, -0.15) is 13.2 Å². The number of benzene rings is 2. The highest BCUT2D eigenvalue weighted by Crippen LogP contribution is 2.38. The first-order valence-electron chi connectivity index (χ1n) is 13.2. The third-order valence-corrected chi connectivity index (χ3v) is 8.95. The summed E-state index contributed by atoms with van der Waals surface area (Å²) >= 11 is 1.37. The second kappa shape index (κ2) is 9.93. The van der Waals surface area contributed by atoms with Crippen molar-refractivity contribution in [2.45, 2.75) is 38.4 Å².